The van der Waals surface area contributed by atoms with E-state index in [4.69, 9.17) is 10.7 Å². The molecule has 1 saturated carbocycles. The van der Waals surface area contributed by atoms with Gasteiger partial charge in [-0.3, -0.25) is 14.8 Å². The van der Waals surface area contributed by atoms with Crippen molar-refractivity contribution in [2.24, 2.45) is 16.6 Å². The van der Waals surface area contributed by atoms with Crippen LogP contribution in [0, 0.1) is 12.8 Å². The number of Topliss-reactive ketones (excluding diaryl/α,β-unsaturated/α-hetero) is 1. The highest BCUT2D eigenvalue weighted by atomic mass is 32.2. The van der Waals surface area contributed by atoms with Crippen LogP contribution in [0.3, 0.4) is 0 Å². The van der Waals surface area contributed by atoms with E-state index >= 15 is 4.39 Å². The zero-order valence-corrected chi connectivity index (χ0v) is 17.0. The van der Waals surface area contributed by atoms with Crippen LogP contribution in [0.1, 0.15) is 54.6 Å². The Morgan fingerprint density at radius 1 is 1.39 bits per heavy atom. The highest BCUT2D eigenvalue weighted by molar-refractivity contribution is 8.13. The molecule has 1 fully saturated rings. The lowest BCUT2D eigenvalue weighted by atomic mass is 9.66. The summed E-state index contributed by atoms with van der Waals surface area (Å²) in [4.78, 5) is 21.7. The van der Waals surface area contributed by atoms with Crippen molar-refractivity contribution in [3.63, 3.8) is 0 Å². The van der Waals surface area contributed by atoms with Crippen molar-refractivity contribution in [2.45, 2.75) is 57.2 Å². The van der Waals surface area contributed by atoms with Crippen molar-refractivity contribution in [2.75, 3.05) is 5.75 Å². The second kappa shape index (κ2) is 7.82. The van der Waals surface area contributed by atoms with Crippen molar-refractivity contribution in [3.05, 3.63) is 52.9 Å². The number of fused-ring (bicyclic) bond motifs is 1. The van der Waals surface area contributed by atoms with E-state index in [1.165, 1.54) is 0 Å². The standard InChI is InChI=1S/C22H26FN3OS/c1-14-5-8-19(25-12-14)20(27)11-15-6-7-18(23)17(10-15)22-9-3-2-4-16(22)13-28-21(24)26-22/h5-6,8,10,12,16,18H,2-4,7,9,11,13H2,1H3,(H2,24,26)/t16-,18?,22-/m0/s1. The fourth-order valence-electron chi connectivity index (χ4n) is 4.61. The first-order valence-electron chi connectivity index (χ1n) is 9.97. The minimum Gasteiger partial charge on any atom is -0.379 e. The van der Waals surface area contributed by atoms with E-state index in [1.54, 1.807) is 24.0 Å². The number of pyridine rings is 1. The number of alkyl halides is 1. The average Bonchev–Trinajstić information content (AvgIpc) is 2.69. The molecule has 148 valence electrons. The molecule has 2 aliphatic carbocycles. The van der Waals surface area contributed by atoms with E-state index in [2.05, 4.69) is 4.98 Å². The molecule has 2 heterocycles. The Balaban J connectivity index is 1.62. The molecule has 0 bridgehead atoms. The molecule has 0 spiro atoms. The predicted molar refractivity (Wildman–Crippen MR) is 112 cm³/mol. The normalized spacial score (nSPS) is 30.0. The van der Waals surface area contributed by atoms with E-state index in [1.807, 2.05) is 25.1 Å². The summed E-state index contributed by atoms with van der Waals surface area (Å²) in [5.74, 6) is 1.17. The molecule has 3 atom stereocenters. The van der Waals surface area contributed by atoms with Gasteiger partial charge in [-0.2, -0.15) is 0 Å². The summed E-state index contributed by atoms with van der Waals surface area (Å²) in [5.41, 5.74) is 8.60. The second-order valence-electron chi connectivity index (χ2n) is 8.03. The number of aromatic nitrogens is 1. The zero-order valence-electron chi connectivity index (χ0n) is 16.2. The van der Waals surface area contributed by atoms with Gasteiger partial charge in [-0.1, -0.05) is 42.8 Å². The number of thioether (sulfide) groups is 1. The van der Waals surface area contributed by atoms with Crippen molar-refractivity contribution in [1.82, 2.24) is 4.98 Å². The number of aryl methyl sites for hydroxylation is 1. The summed E-state index contributed by atoms with van der Waals surface area (Å²) in [6, 6.07) is 3.64. The molecule has 4 nitrogen and oxygen atoms in total. The maximum absolute atomic E-state index is 15.1. The molecule has 4 rings (SSSR count). The molecule has 0 saturated heterocycles. The Bertz CT molecular complexity index is 861. The van der Waals surface area contributed by atoms with Gasteiger partial charge in [0.25, 0.3) is 0 Å². The van der Waals surface area contributed by atoms with Gasteiger partial charge in [0.05, 0.1) is 5.54 Å². The van der Waals surface area contributed by atoms with Gasteiger partial charge in [-0.05, 0) is 48.5 Å². The average molecular weight is 400 g/mol. The maximum Gasteiger partial charge on any atom is 0.185 e. The van der Waals surface area contributed by atoms with Crippen LogP contribution in [-0.4, -0.2) is 33.4 Å². The smallest absolute Gasteiger partial charge is 0.185 e. The number of halogens is 1. The monoisotopic (exact) mass is 399 g/mol. The highest BCUT2D eigenvalue weighted by Crippen LogP contribution is 2.49. The number of hydrogen-bond acceptors (Lipinski definition) is 5. The molecule has 1 aromatic rings. The predicted octanol–water partition coefficient (Wildman–Crippen LogP) is 4.55. The Hall–Kier alpha value is -1.95. The van der Waals surface area contributed by atoms with E-state index in [-0.39, 0.29) is 12.2 Å². The molecule has 1 unspecified atom stereocenters. The number of amidine groups is 1. The Morgan fingerprint density at radius 3 is 3.04 bits per heavy atom. The largest absolute Gasteiger partial charge is 0.379 e. The fraction of sp³-hybridized carbons (Fsp3) is 0.500. The minimum atomic E-state index is -1.06. The number of allylic oxidation sites excluding steroid dienone is 3. The lowest BCUT2D eigenvalue weighted by Crippen LogP contribution is -2.48. The molecule has 0 aromatic carbocycles. The molecule has 1 aliphatic heterocycles. The summed E-state index contributed by atoms with van der Waals surface area (Å²) >= 11 is 1.58. The number of aliphatic imine (C=N–C) groups is 1. The third-order valence-corrected chi connectivity index (χ3v) is 7.06. The Kier molecular flexibility index (Phi) is 5.41. The van der Waals surface area contributed by atoms with Gasteiger partial charge in [-0.25, -0.2) is 4.39 Å². The first-order chi connectivity index (χ1) is 13.5. The summed E-state index contributed by atoms with van der Waals surface area (Å²) in [5, 5.41) is 0.558. The van der Waals surface area contributed by atoms with Gasteiger partial charge >= 0.3 is 0 Å². The number of hydrogen-bond donors (Lipinski definition) is 1. The van der Waals surface area contributed by atoms with Crippen molar-refractivity contribution in [3.8, 4) is 0 Å². The van der Waals surface area contributed by atoms with Crippen LogP contribution in [0.4, 0.5) is 4.39 Å². The fourth-order valence-corrected chi connectivity index (χ4v) is 5.66. The van der Waals surface area contributed by atoms with Crippen LogP contribution >= 0.6 is 11.8 Å². The molecule has 2 N–H and O–H groups in total. The molecule has 3 aliphatic rings. The first-order valence-corrected chi connectivity index (χ1v) is 11.0. The quantitative estimate of drug-likeness (QED) is 0.754. The SMILES string of the molecule is Cc1ccc(C(=O)CC2=CCC(F)C([C@]34CCCC[C@H]3CSC(N)=N4)=C2)nc1. The maximum atomic E-state index is 15.1. The Morgan fingerprint density at radius 2 is 2.25 bits per heavy atom. The lowest BCUT2D eigenvalue weighted by molar-refractivity contribution is 0.0988. The number of nitrogens with two attached hydrogens (primary N) is 1. The molecular weight excluding hydrogens is 373 g/mol. The van der Waals surface area contributed by atoms with Gasteiger partial charge in [-0.15, -0.1) is 0 Å². The van der Waals surface area contributed by atoms with E-state index in [9.17, 15) is 4.79 Å². The molecule has 0 amide bonds. The summed E-state index contributed by atoms with van der Waals surface area (Å²) in [6.07, 6.45) is 9.00. The second-order valence-corrected chi connectivity index (χ2v) is 9.07. The summed E-state index contributed by atoms with van der Waals surface area (Å²) in [6.45, 7) is 1.94. The number of carbonyl (C=O) groups is 1. The van der Waals surface area contributed by atoms with Crippen LogP contribution in [-0.2, 0) is 0 Å². The number of ketones is 1. The van der Waals surface area contributed by atoms with E-state index in [0.29, 0.717) is 23.2 Å². The van der Waals surface area contributed by atoms with Crippen molar-refractivity contribution < 1.29 is 9.18 Å². The number of carbonyl (C=O) groups excluding carboxylic acids is 1. The summed E-state index contributed by atoms with van der Waals surface area (Å²) < 4.78 is 15.1. The number of nitrogens with zero attached hydrogens (tertiary/aromatic N) is 2. The third kappa shape index (κ3) is 3.66. The van der Waals surface area contributed by atoms with Gasteiger partial charge < -0.3 is 5.73 Å². The molecule has 0 radical (unpaired) electrons. The highest BCUT2D eigenvalue weighted by Gasteiger charge is 2.48. The zero-order chi connectivity index (χ0) is 19.7. The van der Waals surface area contributed by atoms with Crippen LogP contribution < -0.4 is 5.73 Å². The van der Waals surface area contributed by atoms with Crippen LogP contribution in [0.2, 0.25) is 0 Å². The van der Waals surface area contributed by atoms with Crippen molar-refractivity contribution >= 4 is 22.7 Å². The molecule has 6 heteroatoms. The Labute approximate surface area is 169 Å². The molecule has 28 heavy (non-hydrogen) atoms. The first kappa shape index (κ1) is 19.4. The lowest BCUT2D eigenvalue weighted by Gasteiger charge is -2.46. The van der Waals surface area contributed by atoms with Gasteiger partial charge in [0.2, 0.25) is 0 Å². The van der Waals surface area contributed by atoms with Crippen LogP contribution in [0.25, 0.3) is 0 Å². The van der Waals surface area contributed by atoms with E-state index in [0.717, 1.165) is 48.1 Å². The van der Waals surface area contributed by atoms with Gasteiger partial charge in [0.1, 0.15) is 11.9 Å². The van der Waals surface area contributed by atoms with Gasteiger partial charge in [0, 0.05) is 24.8 Å². The van der Waals surface area contributed by atoms with Crippen molar-refractivity contribution in [1.29, 1.82) is 0 Å². The molecule has 1 aromatic heterocycles. The molecular formula is C22H26FN3OS. The van der Waals surface area contributed by atoms with Crippen LogP contribution in [0.15, 0.2) is 46.6 Å². The summed E-state index contributed by atoms with van der Waals surface area (Å²) in [7, 11) is 0. The third-order valence-electron chi connectivity index (χ3n) is 6.10. The van der Waals surface area contributed by atoms with E-state index < -0.39 is 11.7 Å². The number of rotatable bonds is 4. The van der Waals surface area contributed by atoms with Gasteiger partial charge in [0.15, 0.2) is 11.0 Å². The topological polar surface area (TPSA) is 68.3 Å². The minimum absolute atomic E-state index is 0.0425. The van der Waals surface area contributed by atoms with Crippen LogP contribution in [0.5, 0.6) is 0 Å².